The number of aromatic nitrogens is 5. The fourth-order valence-corrected chi connectivity index (χ4v) is 16.8. The van der Waals surface area contributed by atoms with E-state index in [4.69, 9.17) is 9.97 Å². The van der Waals surface area contributed by atoms with Crippen LogP contribution in [0.15, 0.2) is 395 Å². The Bertz CT molecular complexity index is 6180. The number of anilines is 10. The number of para-hydroxylation sites is 5. The predicted octanol–water partition coefficient (Wildman–Crippen LogP) is 28.1. The molecule has 0 fully saturated rings. The molecule has 0 saturated carbocycles. The summed E-state index contributed by atoms with van der Waals surface area (Å²) in [4.78, 5) is 23.4. The molecule has 5 aliphatic heterocycles. The van der Waals surface area contributed by atoms with Crippen molar-refractivity contribution >= 4 is 111 Å². The largest absolute Gasteiger partial charge is 0.354 e. The Kier molecular flexibility index (Phi) is 17.0. The Morgan fingerprint density at radius 2 is 0.583 bits per heavy atom. The fraction of sp³-hybridized carbons (Fsp3) is 0. The molecule has 25 rings (SSSR count). The zero-order chi connectivity index (χ0) is 76.1. The van der Waals surface area contributed by atoms with Crippen molar-refractivity contribution in [2.24, 2.45) is 0 Å². The van der Waals surface area contributed by atoms with Crippen LogP contribution < -0.4 is 26.6 Å². The lowest BCUT2D eigenvalue weighted by Gasteiger charge is -2.22. The summed E-state index contributed by atoms with van der Waals surface area (Å²) in [5, 5.41) is 27.2. The molecule has 10 heteroatoms. The van der Waals surface area contributed by atoms with Crippen molar-refractivity contribution in [3.05, 3.63) is 395 Å². The van der Waals surface area contributed by atoms with Crippen LogP contribution in [-0.4, -0.2) is 24.9 Å². The molecule has 0 radical (unpaired) electrons. The maximum Gasteiger partial charge on any atom is 0.138 e. The average molecular weight is 1470 g/mol. The van der Waals surface area contributed by atoms with Gasteiger partial charge < -0.3 is 26.6 Å². The maximum atomic E-state index is 5.00. The minimum absolute atomic E-state index is 0.941. The molecule has 0 aliphatic carbocycles. The van der Waals surface area contributed by atoms with Crippen LogP contribution in [0.3, 0.4) is 0 Å². The van der Waals surface area contributed by atoms with E-state index in [1.807, 2.05) is 55.1 Å². The smallest absolute Gasteiger partial charge is 0.138 e. The summed E-state index contributed by atoms with van der Waals surface area (Å²) >= 11 is 0. The first-order valence-corrected chi connectivity index (χ1v) is 38.7. The molecular weight excluding hydrogens is 1400 g/mol. The van der Waals surface area contributed by atoms with Gasteiger partial charge in [-0.25, -0.2) is 15.0 Å². The number of nitrogens with one attached hydrogen (secondary N) is 5. The monoisotopic (exact) mass is 1470 g/mol. The van der Waals surface area contributed by atoms with Gasteiger partial charge in [0.15, 0.2) is 0 Å². The molecule has 15 aromatic carbocycles. The molecule has 540 valence electrons. The quantitative estimate of drug-likeness (QED) is 0.114. The molecule has 115 heavy (non-hydrogen) atoms. The van der Waals surface area contributed by atoms with Crippen LogP contribution in [-0.2, 0) is 0 Å². The highest BCUT2D eigenvalue weighted by atomic mass is 15.0. The average Bonchev–Trinajstić information content (AvgIpc) is 0.769. The standard InChI is InChI=1S/5C21H14N2/c1-2-7-14(8-3-1)19-13-15-9-6-12-18-20(15)21(23-19)16-10-4-5-11-17(16)22-18;1-2-7-14(8-3-1)20-13-16-15-9-4-5-10-17(15)22-18-11-6-12-19(23-20)21(16)18;1-2-6-14(7-3-1)15-10-16-12-22-13-20-21(16)18(11-15)17-8-4-5-9-19(17)23-20;1-2-6-14(7-3-1)15-12-17-16-8-4-5-9-18(16)23-19-10-11-22-20(13-15)21(17)19;1-2-6-14(7-3-1)16-12-15-10-11-22-21-20(15)18(13-16)17-8-4-5-9-19(17)23-21/h2*1-13,22H;2*1-13,23H;1-13H,(H,22,23). The van der Waals surface area contributed by atoms with E-state index in [0.29, 0.717) is 0 Å². The summed E-state index contributed by atoms with van der Waals surface area (Å²) in [6.07, 6.45) is 7.60. The van der Waals surface area contributed by atoms with Crippen LogP contribution in [0, 0.1) is 0 Å². The minimum atomic E-state index is 0.941. The molecule has 20 aromatic rings. The molecule has 10 nitrogen and oxygen atoms in total. The molecule has 0 saturated heterocycles. The number of benzene rings is 15. The van der Waals surface area contributed by atoms with Gasteiger partial charge in [-0.1, -0.05) is 261 Å². The molecular formula is C105H70N10. The van der Waals surface area contributed by atoms with Crippen molar-refractivity contribution in [1.82, 2.24) is 24.9 Å². The fourth-order valence-electron chi connectivity index (χ4n) is 16.8. The Labute approximate surface area is 664 Å². The number of pyridine rings is 5. The van der Waals surface area contributed by atoms with E-state index in [2.05, 4.69) is 381 Å². The van der Waals surface area contributed by atoms with E-state index in [1.165, 1.54) is 121 Å². The predicted molar refractivity (Wildman–Crippen MR) is 479 cm³/mol. The lowest BCUT2D eigenvalue weighted by Crippen LogP contribution is -2.03. The third-order valence-corrected chi connectivity index (χ3v) is 22.1. The van der Waals surface area contributed by atoms with Gasteiger partial charge >= 0.3 is 0 Å². The Hall–Kier alpha value is -15.7. The Morgan fingerprint density at radius 1 is 0.191 bits per heavy atom. The first-order chi connectivity index (χ1) is 57.0. The number of hydrogen-bond donors (Lipinski definition) is 5. The molecule has 0 amide bonds. The van der Waals surface area contributed by atoms with Gasteiger partial charge in [-0.3, -0.25) is 9.97 Å². The second kappa shape index (κ2) is 29.0. The first kappa shape index (κ1) is 67.5. The highest BCUT2D eigenvalue weighted by Gasteiger charge is 2.26. The van der Waals surface area contributed by atoms with Crippen molar-refractivity contribution in [3.8, 4) is 112 Å². The molecule has 0 bridgehead atoms. The SMILES string of the molecule is c1ccc(-c2cc3c4c(cccc4n2)Nc2ccccc2-3)cc1.c1ccc(-c2cc3c4c(ccnc4c2)Nc2ccccc2-3)cc1.c1ccc(-c2cc3c4c(cncc4c2)Nc2ccccc2-3)cc1.c1ccc(-c2cc3c4c(nccc4c2)Nc2ccccc2-3)cc1.c1ccc(-c2cc3cccc4c3c(n2)-c2ccccc2N4)cc1. The number of hydrogen-bond acceptors (Lipinski definition) is 10. The van der Waals surface area contributed by atoms with Gasteiger partial charge in [0.1, 0.15) is 5.82 Å². The first-order valence-electron chi connectivity index (χ1n) is 38.7. The molecule has 0 atom stereocenters. The molecule has 5 aliphatic rings. The van der Waals surface area contributed by atoms with Crippen molar-refractivity contribution < 1.29 is 0 Å². The van der Waals surface area contributed by atoms with Gasteiger partial charge in [0.05, 0.1) is 45.7 Å². The van der Waals surface area contributed by atoms with Crippen molar-refractivity contribution in [2.45, 2.75) is 0 Å². The molecule has 0 spiro atoms. The van der Waals surface area contributed by atoms with E-state index in [9.17, 15) is 0 Å². The molecule has 5 N–H and O–H groups in total. The summed E-state index contributed by atoms with van der Waals surface area (Å²) in [5.41, 5.74) is 36.0. The van der Waals surface area contributed by atoms with Gasteiger partial charge in [-0.2, -0.15) is 0 Å². The van der Waals surface area contributed by atoms with Crippen LogP contribution in [0.25, 0.3) is 166 Å². The second-order valence-corrected chi connectivity index (χ2v) is 29.1. The third kappa shape index (κ3) is 12.6. The van der Waals surface area contributed by atoms with Crippen LogP contribution >= 0.6 is 0 Å². The topological polar surface area (TPSA) is 125 Å². The van der Waals surface area contributed by atoms with Crippen molar-refractivity contribution in [3.63, 3.8) is 0 Å². The van der Waals surface area contributed by atoms with Crippen molar-refractivity contribution in [2.75, 3.05) is 26.6 Å². The number of fused-ring (bicyclic) bond motifs is 10. The highest BCUT2D eigenvalue weighted by Crippen LogP contribution is 2.51. The summed E-state index contributed by atoms with van der Waals surface area (Å²) in [6, 6.07) is 129. The van der Waals surface area contributed by atoms with Crippen LogP contribution in [0.4, 0.5) is 57.0 Å². The van der Waals surface area contributed by atoms with E-state index in [0.717, 1.165) is 102 Å². The maximum absolute atomic E-state index is 5.00. The summed E-state index contributed by atoms with van der Waals surface area (Å²) < 4.78 is 0. The highest BCUT2D eigenvalue weighted by molar-refractivity contribution is 6.16. The van der Waals surface area contributed by atoms with Gasteiger partial charge in [-0.15, -0.1) is 0 Å². The summed E-state index contributed by atoms with van der Waals surface area (Å²) in [6.45, 7) is 0. The van der Waals surface area contributed by atoms with E-state index in [-0.39, 0.29) is 0 Å². The van der Waals surface area contributed by atoms with E-state index in [1.54, 1.807) is 0 Å². The van der Waals surface area contributed by atoms with Crippen LogP contribution in [0.5, 0.6) is 0 Å². The third-order valence-electron chi connectivity index (χ3n) is 22.1. The Morgan fingerprint density at radius 3 is 1.15 bits per heavy atom. The van der Waals surface area contributed by atoms with Crippen LogP contribution in [0.2, 0.25) is 0 Å². The normalized spacial score (nSPS) is 11.8. The molecule has 0 unspecified atom stereocenters. The summed E-state index contributed by atoms with van der Waals surface area (Å²) in [5.74, 6) is 0.941. The van der Waals surface area contributed by atoms with Crippen molar-refractivity contribution in [1.29, 1.82) is 0 Å². The zero-order valence-electron chi connectivity index (χ0n) is 62.3. The molecule has 10 heterocycles. The minimum Gasteiger partial charge on any atom is -0.354 e. The second-order valence-electron chi connectivity index (χ2n) is 29.1. The number of rotatable bonds is 5. The van der Waals surface area contributed by atoms with Crippen LogP contribution in [0.1, 0.15) is 0 Å². The van der Waals surface area contributed by atoms with Gasteiger partial charge in [0.25, 0.3) is 0 Å². The van der Waals surface area contributed by atoms with Gasteiger partial charge in [0, 0.05) is 130 Å². The Balaban J connectivity index is 0.0000000900. The zero-order valence-corrected chi connectivity index (χ0v) is 62.3. The number of nitrogens with zero attached hydrogens (tertiary/aromatic N) is 5. The van der Waals surface area contributed by atoms with E-state index < -0.39 is 0 Å². The van der Waals surface area contributed by atoms with E-state index >= 15 is 0 Å². The van der Waals surface area contributed by atoms with Gasteiger partial charge in [-0.05, 0) is 176 Å². The lowest BCUT2D eigenvalue weighted by atomic mass is 9.90. The lowest BCUT2D eigenvalue weighted by molar-refractivity contribution is 1.33. The molecule has 5 aromatic heterocycles. The van der Waals surface area contributed by atoms with Gasteiger partial charge in [0.2, 0.25) is 0 Å². The summed E-state index contributed by atoms with van der Waals surface area (Å²) in [7, 11) is 0.